The van der Waals surface area contributed by atoms with Gasteiger partial charge in [0.2, 0.25) is 11.8 Å². The predicted molar refractivity (Wildman–Crippen MR) is 152 cm³/mol. The molecule has 0 heterocycles. The number of benzene rings is 3. The second kappa shape index (κ2) is 13.4. The lowest BCUT2D eigenvalue weighted by molar-refractivity contribution is -0.138. The topological polar surface area (TPSA) is 86.8 Å². The summed E-state index contributed by atoms with van der Waals surface area (Å²) in [5.74, 6) is -0.774. The van der Waals surface area contributed by atoms with Crippen LogP contribution in [-0.4, -0.2) is 50.8 Å². The smallest absolute Gasteiger partial charge is 0.264 e. The SMILES string of the molecule is CCCNC(=O)[C@H](C)N(CCc1ccccc1)C(=O)CN(c1cccc(Cl)c1C)S(=O)(=O)c1ccccc1. The van der Waals surface area contributed by atoms with Crippen LogP contribution in [0.15, 0.2) is 83.8 Å². The van der Waals surface area contributed by atoms with Crippen molar-refractivity contribution in [1.29, 1.82) is 0 Å². The average molecular weight is 556 g/mol. The van der Waals surface area contributed by atoms with Gasteiger partial charge in [-0.2, -0.15) is 0 Å². The summed E-state index contributed by atoms with van der Waals surface area (Å²) in [4.78, 5) is 28.2. The number of rotatable bonds is 12. The van der Waals surface area contributed by atoms with E-state index in [1.54, 1.807) is 50.2 Å². The summed E-state index contributed by atoms with van der Waals surface area (Å²) < 4.78 is 28.7. The molecule has 1 N–H and O–H groups in total. The molecular formula is C29H34ClN3O4S. The minimum Gasteiger partial charge on any atom is -0.354 e. The summed E-state index contributed by atoms with van der Waals surface area (Å²) in [6, 6.07) is 21.7. The van der Waals surface area contributed by atoms with Gasteiger partial charge in [0.15, 0.2) is 0 Å². The van der Waals surface area contributed by atoms with Gasteiger partial charge < -0.3 is 10.2 Å². The fraction of sp³-hybridized carbons (Fsp3) is 0.310. The predicted octanol–water partition coefficient (Wildman–Crippen LogP) is 4.83. The van der Waals surface area contributed by atoms with Gasteiger partial charge in [-0.05, 0) is 62.1 Å². The number of amides is 2. The van der Waals surface area contributed by atoms with Crippen LogP contribution in [-0.2, 0) is 26.0 Å². The molecule has 38 heavy (non-hydrogen) atoms. The van der Waals surface area contributed by atoms with Gasteiger partial charge in [-0.1, -0.05) is 73.1 Å². The number of nitrogens with one attached hydrogen (secondary N) is 1. The van der Waals surface area contributed by atoms with Crippen LogP contribution in [0.3, 0.4) is 0 Å². The van der Waals surface area contributed by atoms with E-state index in [0.29, 0.717) is 29.2 Å². The second-order valence-electron chi connectivity index (χ2n) is 9.00. The molecule has 0 aliphatic rings. The van der Waals surface area contributed by atoms with Crippen LogP contribution in [0, 0.1) is 6.92 Å². The molecule has 0 spiro atoms. The van der Waals surface area contributed by atoms with Crippen LogP contribution < -0.4 is 9.62 Å². The van der Waals surface area contributed by atoms with Crippen molar-refractivity contribution < 1.29 is 18.0 Å². The quantitative estimate of drug-likeness (QED) is 0.347. The molecule has 0 aromatic heterocycles. The molecule has 3 aromatic carbocycles. The van der Waals surface area contributed by atoms with Crippen LogP contribution in [0.5, 0.6) is 0 Å². The first-order valence-corrected chi connectivity index (χ1v) is 14.4. The molecule has 0 saturated heterocycles. The first-order valence-electron chi connectivity index (χ1n) is 12.6. The first kappa shape index (κ1) is 29.2. The molecule has 3 aromatic rings. The highest BCUT2D eigenvalue weighted by Gasteiger charge is 2.33. The Hall–Kier alpha value is -3.36. The monoisotopic (exact) mass is 555 g/mol. The van der Waals surface area contributed by atoms with Gasteiger partial charge >= 0.3 is 0 Å². The maximum atomic E-state index is 13.8. The van der Waals surface area contributed by atoms with Crippen molar-refractivity contribution in [2.45, 2.75) is 44.6 Å². The van der Waals surface area contributed by atoms with Crippen molar-refractivity contribution in [2.75, 3.05) is 23.9 Å². The number of anilines is 1. The summed E-state index contributed by atoms with van der Waals surface area (Å²) in [6.45, 7) is 5.57. The molecule has 0 aliphatic heterocycles. The standard InChI is InChI=1S/C29H34ClN3O4S/c1-4-19-31-29(35)23(3)32(20-18-24-12-7-5-8-13-24)28(34)21-33(27-17-11-16-26(30)22(27)2)38(36,37)25-14-9-6-10-15-25/h5-17,23H,4,18-21H2,1-3H3,(H,31,35)/t23-/m0/s1. The van der Waals surface area contributed by atoms with Gasteiger partial charge in [0.05, 0.1) is 10.6 Å². The summed E-state index contributed by atoms with van der Waals surface area (Å²) >= 11 is 6.34. The minimum absolute atomic E-state index is 0.0525. The Morgan fingerprint density at radius 1 is 0.947 bits per heavy atom. The second-order valence-corrected chi connectivity index (χ2v) is 11.3. The van der Waals surface area contributed by atoms with Crippen LogP contribution in [0.4, 0.5) is 5.69 Å². The van der Waals surface area contributed by atoms with Gasteiger partial charge in [-0.15, -0.1) is 0 Å². The lowest BCUT2D eigenvalue weighted by atomic mass is 10.1. The molecule has 0 aliphatic carbocycles. The molecule has 7 nitrogen and oxygen atoms in total. The van der Waals surface area contributed by atoms with Crippen molar-refractivity contribution in [3.05, 3.63) is 95.0 Å². The third kappa shape index (κ3) is 7.14. The fourth-order valence-electron chi connectivity index (χ4n) is 4.07. The van der Waals surface area contributed by atoms with Crippen LogP contribution >= 0.6 is 11.6 Å². The maximum Gasteiger partial charge on any atom is 0.264 e. The number of carbonyl (C=O) groups is 2. The molecule has 0 bridgehead atoms. The molecule has 3 rings (SSSR count). The van der Waals surface area contributed by atoms with E-state index in [-0.39, 0.29) is 17.3 Å². The minimum atomic E-state index is -4.12. The maximum absolute atomic E-state index is 13.8. The zero-order valence-electron chi connectivity index (χ0n) is 21.9. The van der Waals surface area contributed by atoms with E-state index in [1.165, 1.54) is 17.0 Å². The summed E-state index contributed by atoms with van der Waals surface area (Å²) in [5.41, 5.74) is 1.85. The molecule has 9 heteroatoms. The van der Waals surface area contributed by atoms with Crippen LogP contribution in [0.25, 0.3) is 0 Å². The van der Waals surface area contributed by atoms with E-state index in [0.717, 1.165) is 16.3 Å². The molecule has 2 amide bonds. The zero-order valence-corrected chi connectivity index (χ0v) is 23.5. The Kier molecular flexibility index (Phi) is 10.3. The summed E-state index contributed by atoms with van der Waals surface area (Å²) in [5, 5.41) is 3.23. The van der Waals surface area contributed by atoms with Gasteiger partial charge in [0.1, 0.15) is 12.6 Å². The number of nitrogens with zero attached hydrogens (tertiary/aromatic N) is 2. The first-order chi connectivity index (χ1) is 18.2. The van der Waals surface area contributed by atoms with Gasteiger partial charge in [-0.3, -0.25) is 13.9 Å². The number of hydrogen-bond donors (Lipinski definition) is 1. The highest BCUT2D eigenvalue weighted by Crippen LogP contribution is 2.31. The van der Waals surface area contributed by atoms with Crippen LogP contribution in [0.1, 0.15) is 31.4 Å². The third-order valence-electron chi connectivity index (χ3n) is 6.32. The summed E-state index contributed by atoms with van der Waals surface area (Å²) in [7, 11) is -4.12. The van der Waals surface area contributed by atoms with E-state index >= 15 is 0 Å². The van der Waals surface area contributed by atoms with E-state index < -0.39 is 28.5 Å². The number of carbonyl (C=O) groups excluding carboxylic acids is 2. The number of halogens is 1. The van der Waals surface area contributed by atoms with E-state index in [9.17, 15) is 18.0 Å². The highest BCUT2D eigenvalue weighted by atomic mass is 35.5. The van der Waals surface area contributed by atoms with Gasteiger partial charge in [0.25, 0.3) is 10.0 Å². The average Bonchev–Trinajstić information content (AvgIpc) is 2.93. The molecule has 0 radical (unpaired) electrons. The number of sulfonamides is 1. The molecule has 1 atom stereocenters. The lowest BCUT2D eigenvalue weighted by Crippen LogP contribution is -2.52. The zero-order chi connectivity index (χ0) is 27.7. The Morgan fingerprint density at radius 3 is 2.21 bits per heavy atom. The Morgan fingerprint density at radius 2 is 1.58 bits per heavy atom. The van der Waals surface area contributed by atoms with E-state index in [4.69, 9.17) is 11.6 Å². The Balaban J connectivity index is 1.99. The third-order valence-corrected chi connectivity index (χ3v) is 8.50. The molecule has 0 unspecified atom stereocenters. The Labute approximate surface area is 230 Å². The molecule has 0 saturated carbocycles. The van der Waals surface area contributed by atoms with Crippen molar-refractivity contribution in [3.8, 4) is 0 Å². The Bertz CT molecular complexity index is 1330. The van der Waals surface area contributed by atoms with Crippen molar-refractivity contribution in [3.63, 3.8) is 0 Å². The van der Waals surface area contributed by atoms with Crippen molar-refractivity contribution >= 4 is 39.1 Å². The van der Waals surface area contributed by atoms with Crippen LogP contribution in [0.2, 0.25) is 5.02 Å². The molecular weight excluding hydrogens is 522 g/mol. The van der Waals surface area contributed by atoms with Gasteiger partial charge in [-0.25, -0.2) is 8.42 Å². The highest BCUT2D eigenvalue weighted by molar-refractivity contribution is 7.92. The fourth-order valence-corrected chi connectivity index (χ4v) is 5.73. The van der Waals surface area contributed by atoms with E-state index in [2.05, 4.69) is 5.32 Å². The largest absolute Gasteiger partial charge is 0.354 e. The molecule has 0 fully saturated rings. The van der Waals surface area contributed by atoms with E-state index in [1.807, 2.05) is 37.3 Å². The van der Waals surface area contributed by atoms with Crippen molar-refractivity contribution in [1.82, 2.24) is 10.2 Å². The summed E-state index contributed by atoms with van der Waals surface area (Å²) in [6.07, 6.45) is 1.27. The normalized spacial score (nSPS) is 12.0. The lowest BCUT2D eigenvalue weighted by Gasteiger charge is -2.32. The molecule has 202 valence electrons. The van der Waals surface area contributed by atoms with Gasteiger partial charge in [0, 0.05) is 18.1 Å². The number of hydrogen-bond acceptors (Lipinski definition) is 4. The van der Waals surface area contributed by atoms with Crippen molar-refractivity contribution in [2.24, 2.45) is 0 Å².